The Kier molecular flexibility index (Phi) is 8.58. The zero-order valence-electron chi connectivity index (χ0n) is 13.2. The van der Waals surface area contributed by atoms with Crippen molar-refractivity contribution in [2.45, 2.75) is 39.8 Å². The van der Waals surface area contributed by atoms with E-state index in [1.54, 1.807) is 4.88 Å². The third-order valence-corrected chi connectivity index (χ3v) is 4.69. The lowest BCUT2D eigenvalue weighted by molar-refractivity contribution is 0.197. The van der Waals surface area contributed by atoms with Gasteiger partial charge in [0.25, 0.3) is 0 Å². The minimum atomic E-state index is 0. The first-order chi connectivity index (χ1) is 9.74. The number of fused-ring (bicyclic) bond motifs is 1. The molecule has 2 rings (SSSR count). The van der Waals surface area contributed by atoms with Crippen molar-refractivity contribution in [1.29, 1.82) is 0 Å². The van der Waals surface area contributed by atoms with Gasteiger partial charge in [-0.3, -0.25) is 9.89 Å². The van der Waals surface area contributed by atoms with Gasteiger partial charge in [0.15, 0.2) is 5.96 Å². The SMILES string of the molecule is CCNC(=NCC(C)N1CCc2sccc2C1)NCC.I. The van der Waals surface area contributed by atoms with Crippen LogP contribution in [0.25, 0.3) is 0 Å². The lowest BCUT2D eigenvalue weighted by Gasteiger charge is -2.31. The second kappa shape index (κ2) is 9.63. The molecule has 120 valence electrons. The second-order valence-electron chi connectivity index (χ2n) is 5.19. The van der Waals surface area contributed by atoms with E-state index in [2.05, 4.69) is 52.7 Å². The molecule has 4 nitrogen and oxygen atoms in total. The smallest absolute Gasteiger partial charge is 0.191 e. The summed E-state index contributed by atoms with van der Waals surface area (Å²) >= 11 is 1.90. The summed E-state index contributed by atoms with van der Waals surface area (Å²) in [7, 11) is 0. The Morgan fingerprint density at radius 1 is 1.38 bits per heavy atom. The van der Waals surface area contributed by atoms with Crippen LogP contribution in [-0.4, -0.2) is 43.1 Å². The Balaban J connectivity index is 0.00000220. The van der Waals surface area contributed by atoms with Gasteiger partial charge in [-0.2, -0.15) is 0 Å². The van der Waals surface area contributed by atoms with Crippen LogP contribution < -0.4 is 10.6 Å². The predicted molar refractivity (Wildman–Crippen MR) is 103 cm³/mol. The second-order valence-corrected chi connectivity index (χ2v) is 6.19. The van der Waals surface area contributed by atoms with E-state index in [0.717, 1.165) is 38.7 Å². The number of guanidine groups is 1. The molecule has 2 heterocycles. The van der Waals surface area contributed by atoms with E-state index < -0.39 is 0 Å². The summed E-state index contributed by atoms with van der Waals surface area (Å²) in [5.41, 5.74) is 1.51. The maximum atomic E-state index is 4.68. The largest absolute Gasteiger partial charge is 0.357 e. The summed E-state index contributed by atoms with van der Waals surface area (Å²) in [5.74, 6) is 0.926. The molecule has 0 saturated carbocycles. The Morgan fingerprint density at radius 2 is 2.10 bits per heavy atom. The van der Waals surface area contributed by atoms with E-state index in [1.165, 1.54) is 12.0 Å². The van der Waals surface area contributed by atoms with Crippen molar-refractivity contribution in [3.8, 4) is 0 Å². The first-order valence-electron chi connectivity index (χ1n) is 7.56. The highest BCUT2D eigenvalue weighted by Crippen LogP contribution is 2.25. The highest BCUT2D eigenvalue weighted by molar-refractivity contribution is 14.0. The van der Waals surface area contributed by atoms with E-state index in [9.17, 15) is 0 Å². The maximum Gasteiger partial charge on any atom is 0.191 e. The monoisotopic (exact) mass is 422 g/mol. The lowest BCUT2D eigenvalue weighted by Crippen LogP contribution is -2.41. The van der Waals surface area contributed by atoms with Crippen molar-refractivity contribution in [2.75, 3.05) is 26.2 Å². The standard InChI is InChI=1S/C15H26N4S.HI/c1-4-16-15(17-5-2)18-10-12(3)19-8-6-14-13(11-19)7-9-20-14;/h7,9,12H,4-6,8,10-11H2,1-3H3,(H2,16,17,18);1H. The van der Waals surface area contributed by atoms with Gasteiger partial charge in [0.05, 0.1) is 6.54 Å². The van der Waals surface area contributed by atoms with Gasteiger partial charge >= 0.3 is 0 Å². The fourth-order valence-electron chi connectivity index (χ4n) is 2.49. The molecule has 1 atom stereocenters. The molecule has 0 aromatic carbocycles. The molecule has 0 saturated heterocycles. The zero-order valence-corrected chi connectivity index (χ0v) is 16.3. The number of hydrogen-bond acceptors (Lipinski definition) is 3. The van der Waals surface area contributed by atoms with E-state index >= 15 is 0 Å². The van der Waals surface area contributed by atoms with Crippen LogP contribution in [0.2, 0.25) is 0 Å². The Morgan fingerprint density at radius 3 is 2.76 bits per heavy atom. The van der Waals surface area contributed by atoms with E-state index in [-0.39, 0.29) is 24.0 Å². The Hall–Kier alpha value is -0.340. The van der Waals surface area contributed by atoms with Gasteiger partial charge in [0.2, 0.25) is 0 Å². The summed E-state index contributed by atoms with van der Waals surface area (Å²) in [6.07, 6.45) is 1.19. The number of rotatable bonds is 5. The van der Waals surface area contributed by atoms with Crippen LogP contribution >= 0.6 is 35.3 Å². The van der Waals surface area contributed by atoms with Gasteiger partial charge < -0.3 is 10.6 Å². The van der Waals surface area contributed by atoms with Gasteiger partial charge in [-0.15, -0.1) is 35.3 Å². The number of nitrogens with zero attached hydrogens (tertiary/aromatic N) is 2. The molecule has 0 spiro atoms. The number of aliphatic imine (C=N–C) groups is 1. The molecule has 1 aliphatic rings. The van der Waals surface area contributed by atoms with Crippen molar-refractivity contribution in [3.05, 3.63) is 21.9 Å². The van der Waals surface area contributed by atoms with Crippen molar-refractivity contribution in [3.63, 3.8) is 0 Å². The predicted octanol–water partition coefficient (Wildman–Crippen LogP) is 2.69. The fraction of sp³-hybridized carbons (Fsp3) is 0.667. The Labute approximate surface area is 149 Å². The van der Waals surface area contributed by atoms with Crippen molar-refractivity contribution >= 4 is 41.3 Å². The molecule has 0 amide bonds. The molecule has 0 radical (unpaired) electrons. The van der Waals surface area contributed by atoms with Crippen LogP contribution in [-0.2, 0) is 13.0 Å². The molecule has 21 heavy (non-hydrogen) atoms. The zero-order chi connectivity index (χ0) is 14.4. The average molecular weight is 422 g/mol. The summed E-state index contributed by atoms with van der Waals surface area (Å²) < 4.78 is 0. The van der Waals surface area contributed by atoms with Crippen LogP contribution in [0.5, 0.6) is 0 Å². The molecular weight excluding hydrogens is 395 g/mol. The average Bonchev–Trinajstić information content (AvgIpc) is 2.92. The summed E-state index contributed by atoms with van der Waals surface area (Å²) in [6.45, 7) is 11.4. The quantitative estimate of drug-likeness (QED) is 0.436. The molecule has 1 unspecified atom stereocenters. The molecular formula is C15H27IN4S. The molecule has 2 N–H and O–H groups in total. The summed E-state index contributed by atoms with van der Waals surface area (Å²) in [6, 6.07) is 2.75. The molecule has 0 bridgehead atoms. The highest BCUT2D eigenvalue weighted by atomic mass is 127. The maximum absolute atomic E-state index is 4.68. The molecule has 0 fully saturated rings. The molecule has 1 aliphatic heterocycles. The minimum Gasteiger partial charge on any atom is -0.357 e. The van der Waals surface area contributed by atoms with Crippen molar-refractivity contribution < 1.29 is 0 Å². The number of halogens is 1. The van der Waals surface area contributed by atoms with Crippen molar-refractivity contribution in [2.24, 2.45) is 4.99 Å². The summed E-state index contributed by atoms with van der Waals surface area (Å²) in [5, 5.41) is 8.76. The summed E-state index contributed by atoms with van der Waals surface area (Å²) in [4.78, 5) is 8.78. The van der Waals surface area contributed by atoms with Gasteiger partial charge in [-0.1, -0.05) is 0 Å². The third-order valence-electron chi connectivity index (χ3n) is 3.66. The molecule has 0 aliphatic carbocycles. The highest BCUT2D eigenvalue weighted by Gasteiger charge is 2.21. The lowest BCUT2D eigenvalue weighted by atomic mass is 10.1. The van der Waals surface area contributed by atoms with Crippen molar-refractivity contribution in [1.82, 2.24) is 15.5 Å². The first kappa shape index (κ1) is 18.7. The van der Waals surface area contributed by atoms with Crippen LogP contribution in [0, 0.1) is 0 Å². The fourth-order valence-corrected chi connectivity index (χ4v) is 3.38. The third kappa shape index (κ3) is 5.41. The Bertz CT molecular complexity index is 439. The van der Waals surface area contributed by atoms with E-state index in [1.807, 2.05) is 11.3 Å². The van der Waals surface area contributed by atoms with E-state index in [0.29, 0.717) is 6.04 Å². The normalized spacial score (nSPS) is 15.6. The van der Waals surface area contributed by atoms with Gasteiger partial charge in [0, 0.05) is 37.1 Å². The van der Waals surface area contributed by atoms with Crippen LogP contribution in [0.1, 0.15) is 31.2 Å². The topological polar surface area (TPSA) is 39.7 Å². The van der Waals surface area contributed by atoms with Gasteiger partial charge in [-0.25, -0.2) is 0 Å². The number of hydrogen-bond donors (Lipinski definition) is 2. The van der Waals surface area contributed by atoms with Gasteiger partial charge in [-0.05, 0) is 44.2 Å². The molecule has 1 aromatic heterocycles. The number of thiophene rings is 1. The minimum absolute atomic E-state index is 0. The molecule has 6 heteroatoms. The van der Waals surface area contributed by atoms with Gasteiger partial charge in [0.1, 0.15) is 0 Å². The first-order valence-corrected chi connectivity index (χ1v) is 8.44. The van der Waals surface area contributed by atoms with Crippen LogP contribution in [0.4, 0.5) is 0 Å². The molecule has 1 aromatic rings. The van der Waals surface area contributed by atoms with Crippen LogP contribution in [0.15, 0.2) is 16.4 Å². The van der Waals surface area contributed by atoms with E-state index in [4.69, 9.17) is 0 Å². The van der Waals surface area contributed by atoms with Crippen LogP contribution in [0.3, 0.4) is 0 Å². The number of nitrogens with one attached hydrogen (secondary N) is 2.